The Morgan fingerprint density at radius 2 is 2.25 bits per heavy atom. The van der Waals surface area contributed by atoms with Gasteiger partial charge < -0.3 is 14.4 Å². The summed E-state index contributed by atoms with van der Waals surface area (Å²) in [6.07, 6.45) is 1.31. The summed E-state index contributed by atoms with van der Waals surface area (Å²) < 4.78 is 21.1. The summed E-state index contributed by atoms with van der Waals surface area (Å²) in [4.78, 5) is 23.3. The summed E-state index contributed by atoms with van der Waals surface area (Å²) in [5, 5.41) is 9.14. The number of halogens is 1. The molecule has 0 saturated carbocycles. The van der Waals surface area contributed by atoms with Gasteiger partial charge in [-0.25, -0.2) is 9.18 Å². The predicted octanol–water partition coefficient (Wildman–Crippen LogP) is 2.10. The number of pyridine rings is 1. The van der Waals surface area contributed by atoms with Gasteiger partial charge in [-0.2, -0.15) is 0 Å². The first-order valence-electron chi connectivity index (χ1n) is 6.16. The number of aromatic carboxylic acids is 1. The fourth-order valence-electron chi connectivity index (χ4n) is 2.51. The van der Waals surface area contributed by atoms with E-state index in [1.165, 1.54) is 6.20 Å². The lowest BCUT2D eigenvalue weighted by atomic mass is 10.0. The van der Waals surface area contributed by atoms with Crippen molar-refractivity contribution in [3.63, 3.8) is 0 Å². The Kier molecular flexibility index (Phi) is 2.57. The van der Waals surface area contributed by atoms with Crippen molar-refractivity contribution in [1.82, 2.24) is 4.57 Å². The molecule has 0 unspecified atom stereocenters. The molecule has 1 aromatic heterocycles. The number of carbonyl (C=O) groups is 1. The highest BCUT2D eigenvalue weighted by Gasteiger charge is 2.26. The van der Waals surface area contributed by atoms with E-state index in [-0.39, 0.29) is 17.0 Å². The highest BCUT2D eigenvalue weighted by molar-refractivity contribution is 5.95. The molecule has 0 bridgehead atoms. The third kappa shape index (κ3) is 1.54. The first-order chi connectivity index (χ1) is 9.41. The molecule has 0 fully saturated rings. The minimum atomic E-state index is -1.32. The Balaban J connectivity index is 2.57. The molecule has 104 valence electrons. The first-order valence-corrected chi connectivity index (χ1v) is 6.16. The number of nitrogens with zero attached hydrogens (tertiary/aromatic N) is 1. The molecular formula is C14H12FNO4. The molecule has 0 aliphatic carbocycles. The van der Waals surface area contributed by atoms with Crippen molar-refractivity contribution in [2.45, 2.75) is 19.9 Å². The summed E-state index contributed by atoms with van der Waals surface area (Å²) in [6.45, 7) is 3.71. The third-order valence-corrected chi connectivity index (χ3v) is 3.63. The Morgan fingerprint density at radius 1 is 1.55 bits per heavy atom. The molecule has 2 heterocycles. The second-order valence-electron chi connectivity index (χ2n) is 4.95. The first kappa shape index (κ1) is 12.7. The molecule has 1 aliphatic heterocycles. The van der Waals surface area contributed by atoms with Gasteiger partial charge in [-0.3, -0.25) is 4.79 Å². The number of rotatable bonds is 1. The second-order valence-corrected chi connectivity index (χ2v) is 4.95. The Hall–Kier alpha value is -2.37. The van der Waals surface area contributed by atoms with E-state index in [0.717, 1.165) is 6.07 Å². The van der Waals surface area contributed by atoms with Gasteiger partial charge in [-0.1, -0.05) is 0 Å². The number of carboxylic acids is 1. The van der Waals surface area contributed by atoms with Gasteiger partial charge in [0.25, 0.3) is 0 Å². The van der Waals surface area contributed by atoms with Crippen LogP contribution in [0.5, 0.6) is 5.75 Å². The maximum Gasteiger partial charge on any atom is 0.341 e. The van der Waals surface area contributed by atoms with Crippen LogP contribution in [-0.4, -0.2) is 22.2 Å². The molecule has 1 N–H and O–H groups in total. The fraction of sp³-hybridized carbons (Fsp3) is 0.286. The highest BCUT2D eigenvalue weighted by Crippen LogP contribution is 2.35. The maximum absolute atomic E-state index is 13.9. The van der Waals surface area contributed by atoms with E-state index >= 15 is 0 Å². The topological polar surface area (TPSA) is 68.5 Å². The van der Waals surface area contributed by atoms with Gasteiger partial charge >= 0.3 is 5.97 Å². The van der Waals surface area contributed by atoms with Crippen LogP contribution in [-0.2, 0) is 0 Å². The third-order valence-electron chi connectivity index (χ3n) is 3.63. The standard InChI is InChI=1S/C14H12FNO4/c1-6-5-20-13-7(2)10(15)3-8-11(13)16(6)4-9(12(8)17)14(18)19/h3-4,6H,5H2,1-2H3,(H,18,19)/t6-/m0/s1. The number of ether oxygens (including phenoxy) is 1. The fourth-order valence-corrected chi connectivity index (χ4v) is 2.51. The van der Waals surface area contributed by atoms with Gasteiger partial charge in [0.05, 0.1) is 16.9 Å². The summed E-state index contributed by atoms with van der Waals surface area (Å²) in [5.41, 5.74) is -0.277. The Bertz CT molecular complexity index is 809. The number of hydrogen-bond acceptors (Lipinski definition) is 3. The van der Waals surface area contributed by atoms with Crippen LogP contribution in [0.2, 0.25) is 0 Å². The lowest BCUT2D eigenvalue weighted by Gasteiger charge is -2.28. The van der Waals surface area contributed by atoms with Crippen LogP contribution in [0, 0.1) is 12.7 Å². The van der Waals surface area contributed by atoms with Crippen molar-refractivity contribution in [2.24, 2.45) is 0 Å². The van der Waals surface area contributed by atoms with Crippen LogP contribution in [0.4, 0.5) is 4.39 Å². The minimum absolute atomic E-state index is 0.0366. The molecule has 0 saturated heterocycles. The number of aromatic nitrogens is 1. The molecule has 1 aromatic carbocycles. The van der Waals surface area contributed by atoms with Gasteiger partial charge in [-0.05, 0) is 19.9 Å². The van der Waals surface area contributed by atoms with E-state index < -0.39 is 17.2 Å². The summed E-state index contributed by atoms with van der Waals surface area (Å²) in [6, 6.07) is 0.953. The normalized spacial score (nSPS) is 17.1. The van der Waals surface area contributed by atoms with Crippen LogP contribution in [0.3, 0.4) is 0 Å². The molecule has 0 amide bonds. The zero-order valence-electron chi connectivity index (χ0n) is 10.9. The van der Waals surface area contributed by atoms with Gasteiger partial charge in [0.2, 0.25) is 5.43 Å². The number of carboxylic acid groups (broad SMARTS) is 1. The lowest BCUT2D eigenvalue weighted by molar-refractivity contribution is 0.0694. The van der Waals surface area contributed by atoms with Crippen LogP contribution in [0.1, 0.15) is 28.9 Å². The lowest BCUT2D eigenvalue weighted by Crippen LogP contribution is -2.27. The van der Waals surface area contributed by atoms with Crippen molar-refractivity contribution in [3.8, 4) is 5.75 Å². The summed E-state index contributed by atoms with van der Waals surface area (Å²) in [7, 11) is 0. The molecule has 0 spiro atoms. The molecule has 6 heteroatoms. The van der Waals surface area contributed by atoms with E-state index in [2.05, 4.69) is 0 Å². The van der Waals surface area contributed by atoms with Crippen LogP contribution >= 0.6 is 0 Å². The molecule has 1 atom stereocenters. The van der Waals surface area contributed by atoms with Crippen molar-refractivity contribution >= 4 is 16.9 Å². The quantitative estimate of drug-likeness (QED) is 0.866. The van der Waals surface area contributed by atoms with E-state index in [1.807, 2.05) is 6.92 Å². The Morgan fingerprint density at radius 3 is 2.90 bits per heavy atom. The van der Waals surface area contributed by atoms with Crippen molar-refractivity contribution in [3.05, 3.63) is 39.4 Å². The van der Waals surface area contributed by atoms with Gasteiger partial charge in [0.1, 0.15) is 23.7 Å². The van der Waals surface area contributed by atoms with E-state index in [0.29, 0.717) is 23.4 Å². The maximum atomic E-state index is 13.9. The van der Waals surface area contributed by atoms with Gasteiger partial charge in [0, 0.05) is 11.8 Å². The largest absolute Gasteiger partial charge is 0.489 e. The monoisotopic (exact) mass is 277 g/mol. The van der Waals surface area contributed by atoms with Crippen LogP contribution in [0.25, 0.3) is 10.9 Å². The average molecular weight is 277 g/mol. The molecule has 5 nitrogen and oxygen atoms in total. The molecule has 1 aliphatic rings. The molecule has 2 aromatic rings. The van der Waals surface area contributed by atoms with E-state index in [4.69, 9.17) is 9.84 Å². The van der Waals surface area contributed by atoms with E-state index in [1.54, 1.807) is 11.5 Å². The smallest absolute Gasteiger partial charge is 0.341 e. The molecular weight excluding hydrogens is 265 g/mol. The van der Waals surface area contributed by atoms with Crippen LogP contribution in [0.15, 0.2) is 17.1 Å². The van der Waals surface area contributed by atoms with Crippen molar-refractivity contribution in [2.75, 3.05) is 6.61 Å². The zero-order valence-corrected chi connectivity index (χ0v) is 10.9. The van der Waals surface area contributed by atoms with Gasteiger partial charge in [-0.15, -0.1) is 0 Å². The number of hydrogen-bond donors (Lipinski definition) is 1. The number of benzene rings is 1. The molecule has 0 radical (unpaired) electrons. The molecule has 20 heavy (non-hydrogen) atoms. The highest BCUT2D eigenvalue weighted by atomic mass is 19.1. The van der Waals surface area contributed by atoms with Crippen molar-refractivity contribution < 1.29 is 19.0 Å². The minimum Gasteiger partial charge on any atom is -0.489 e. The molecule has 3 rings (SSSR count). The van der Waals surface area contributed by atoms with Crippen LogP contribution < -0.4 is 10.2 Å². The second kappa shape index (κ2) is 4.06. The summed E-state index contributed by atoms with van der Waals surface area (Å²) in [5.74, 6) is -1.58. The predicted molar refractivity (Wildman–Crippen MR) is 70.1 cm³/mol. The summed E-state index contributed by atoms with van der Waals surface area (Å²) >= 11 is 0. The SMILES string of the molecule is Cc1c(F)cc2c(=O)c(C(=O)O)cn3c2c1OC[C@@H]3C. The van der Waals surface area contributed by atoms with Crippen molar-refractivity contribution in [1.29, 1.82) is 0 Å². The van der Waals surface area contributed by atoms with Gasteiger partial charge in [0.15, 0.2) is 0 Å². The average Bonchev–Trinajstić information content (AvgIpc) is 2.39. The van der Waals surface area contributed by atoms with E-state index in [9.17, 15) is 14.0 Å². The Labute approximate surface area is 113 Å². The zero-order chi connectivity index (χ0) is 14.6.